The normalized spacial score (nSPS) is 32.2. The number of rotatable bonds is 6. The van der Waals surface area contributed by atoms with Crippen LogP contribution in [-0.4, -0.2) is 62.0 Å². The Morgan fingerprint density at radius 3 is 2.42 bits per heavy atom. The van der Waals surface area contributed by atoms with Gasteiger partial charge in [-0.1, -0.05) is 6.92 Å². The molecule has 1 saturated carbocycles. The predicted molar refractivity (Wildman–Crippen MR) is 91.9 cm³/mol. The second-order valence-electron chi connectivity index (χ2n) is 7.75. The number of piperidine rings is 1. The Hall–Kier alpha value is -0.650. The third-order valence-electron chi connectivity index (χ3n) is 5.70. The summed E-state index contributed by atoms with van der Waals surface area (Å²) in [4.78, 5) is 14.2. The van der Waals surface area contributed by atoms with Gasteiger partial charge in [-0.2, -0.15) is 0 Å². The second-order valence-corrected chi connectivity index (χ2v) is 7.75. The molecule has 3 aliphatic rings. The molecule has 0 aromatic heterocycles. The lowest BCUT2D eigenvalue weighted by atomic mass is 9.88. The fraction of sp³-hybridized carbons (Fsp3) is 0.947. The first-order valence-corrected chi connectivity index (χ1v) is 9.83. The zero-order valence-electron chi connectivity index (χ0n) is 15.1. The van der Waals surface area contributed by atoms with Gasteiger partial charge in [0.25, 0.3) is 0 Å². The fourth-order valence-corrected chi connectivity index (χ4v) is 4.02. The smallest absolute Gasteiger partial charge is 0.248 e. The monoisotopic (exact) mass is 339 g/mol. The number of hydrogen-bond donors (Lipinski definition) is 0. The number of ether oxygens (including phenoxy) is 3. The van der Waals surface area contributed by atoms with Gasteiger partial charge in [-0.05, 0) is 57.3 Å². The van der Waals surface area contributed by atoms with Gasteiger partial charge in [0.15, 0.2) is 0 Å². The molecule has 3 rings (SSSR count). The van der Waals surface area contributed by atoms with E-state index in [1.54, 1.807) is 0 Å². The molecular formula is C19H33NO4. The van der Waals surface area contributed by atoms with E-state index in [0.717, 1.165) is 51.3 Å². The predicted octanol–water partition coefficient (Wildman–Crippen LogP) is 2.77. The van der Waals surface area contributed by atoms with Crippen molar-refractivity contribution in [3.8, 4) is 0 Å². The molecule has 1 atom stereocenters. The van der Waals surface area contributed by atoms with Gasteiger partial charge in [0.1, 0.15) is 6.61 Å². The fourth-order valence-electron chi connectivity index (χ4n) is 4.02. The molecule has 2 heterocycles. The van der Waals surface area contributed by atoms with Crippen molar-refractivity contribution in [2.75, 3.05) is 32.9 Å². The van der Waals surface area contributed by atoms with Crippen molar-refractivity contribution in [1.82, 2.24) is 4.90 Å². The van der Waals surface area contributed by atoms with Crippen molar-refractivity contribution >= 4 is 5.91 Å². The number of hydrogen-bond acceptors (Lipinski definition) is 4. The van der Waals surface area contributed by atoms with E-state index in [1.165, 1.54) is 25.7 Å². The first kappa shape index (κ1) is 18.2. The van der Waals surface area contributed by atoms with Gasteiger partial charge in [0.05, 0.1) is 24.9 Å². The largest absolute Gasteiger partial charge is 0.376 e. The van der Waals surface area contributed by atoms with Crippen LogP contribution in [-0.2, 0) is 19.0 Å². The minimum absolute atomic E-state index is 0.109. The number of likely N-dealkylation sites (tertiary alicyclic amines) is 1. The molecule has 1 amide bonds. The van der Waals surface area contributed by atoms with Gasteiger partial charge in [0, 0.05) is 19.7 Å². The number of carbonyl (C=O) groups is 1. The molecule has 0 bridgehead atoms. The van der Waals surface area contributed by atoms with E-state index >= 15 is 0 Å². The third-order valence-corrected chi connectivity index (χ3v) is 5.70. The lowest BCUT2D eigenvalue weighted by Gasteiger charge is -2.35. The van der Waals surface area contributed by atoms with Gasteiger partial charge >= 0.3 is 0 Å². The maximum atomic E-state index is 12.2. The Kier molecular flexibility index (Phi) is 6.93. The van der Waals surface area contributed by atoms with Gasteiger partial charge in [0.2, 0.25) is 5.91 Å². The van der Waals surface area contributed by atoms with E-state index in [2.05, 4.69) is 6.92 Å². The van der Waals surface area contributed by atoms with Crippen LogP contribution in [0.3, 0.4) is 0 Å². The molecule has 2 aliphatic heterocycles. The Morgan fingerprint density at radius 1 is 1.04 bits per heavy atom. The summed E-state index contributed by atoms with van der Waals surface area (Å²) < 4.78 is 17.3. The van der Waals surface area contributed by atoms with E-state index < -0.39 is 0 Å². The van der Waals surface area contributed by atoms with Crippen LogP contribution in [0.1, 0.15) is 58.3 Å². The van der Waals surface area contributed by atoms with Crippen LogP contribution in [0.2, 0.25) is 0 Å². The standard InChI is InChI=1S/C19H33NO4/c1-15-4-6-16(7-5-15)24-17-8-10-20(11-9-17)19(21)14-22-13-18-3-2-12-23-18/h15-18H,2-14H2,1H3/t15?,16?,18-/m0/s1. The van der Waals surface area contributed by atoms with Gasteiger partial charge in [-0.15, -0.1) is 0 Å². The zero-order valence-corrected chi connectivity index (χ0v) is 15.1. The number of carbonyl (C=O) groups excluding carboxylic acids is 1. The SMILES string of the molecule is CC1CCC(OC2CCN(C(=O)COC[C@@H]3CCCO3)CC2)CC1. The molecule has 2 saturated heterocycles. The Morgan fingerprint density at radius 2 is 1.75 bits per heavy atom. The molecule has 1 aliphatic carbocycles. The molecular weight excluding hydrogens is 306 g/mol. The summed E-state index contributed by atoms with van der Waals surface area (Å²) in [6, 6.07) is 0. The summed E-state index contributed by atoms with van der Waals surface area (Å²) in [5.41, 5.74) is 0. The van der Waals surface area contributed by atoms with E-state index in [9.17, 15) is 4.79 Å². The van der Waals surface area contributed by atoms with Crippen molar-refractivity contribution in [1.29, 1.82) is 0 Å². The van der Waals surface area contributed by atoms with Crippen LogP contribution in [0.4, 0.5) is 0 Å². The van der Waals surface area contributed by atoms with Gasteiger partial charge < -0.3 is 19.1 Å². The molecule has 0 unspecified atom stereocenters. The topological polar surface area (TPSA) is 48.0 Å². The van der Waals surface area contributed by atoms with E-state index in [4.69, 9.17) is 14.2 Å². The Bertz CT molecular complexity index is 381. The minimum atomic E-state index is 0.109. The molecule has 5 heteroatoms. The van der Waals surface area contributed by atoms with Crippen molar-refractivity contribution in [2.45, 2.75) is 76.6 Å². The quantitative estimate of drug-likeness (QED) is 0.746. The average molecular weight is 339 g/mol. The Labute approximate surface area is 146 Å². The van der Waals surface area contributed by atoms with Gasteiger partial charge in [-0.25, -0.2) is 0 Å². The van der Waals surface area contributed by atoms with Crippen molar-refractivity contribution in [2.24, 2.45) is 5.92 Å². The van der Waals surface area contributed by atoms with Crippen LogP contribution in [0.25, 0.3) is 0 Å². The van der Waals surface area contributed by atoms with E-state index in [1.807, 2.05) is 4.90 Å². The van der Waals surface area contributed by atoms with E-state index in [-0.39, 0.29) is 18.6 Å². The van der Waals surface area contributed by atoms with Gasteiger partial charge in [-0.3, -0.25) is 4.79 Å². The summed E-state index contributed by atoms with van der Waals surface area (Å²) in [7, 11) is 0. The number of amides is 1. The molecule has 0 aromatic rings. The molecule has 24 heavy (non-hydrogen) atoms. The summed E-state index contributed by atoms with van der Waals surface area (Å²) in [5.74, 6) is 0.969. The third kappa shape index (κ3) is 5.43. The highest BCUT2D eigenvalue weighted by atomic mass is 16.5. The maximum absolute atomic E-state index is 12.2. The zero-order chi connectivity index (χ0) is 16.8. The molecule has 0 spiro atoms. The summed E-state index contributed by atoms with van der Waals surface area (Å²) >= 11 is 0. The van der Waals surface area contributed by atoms with Crippen LogP contribution in [0.5, 0.6) is 0 Å². The second kappa shape index (κ2) is 9.16. The van der Waals surface area contributed by atoms with Crippen molar-refractivity contribution in [3.05, 3.63) is 0 Å². The lowest BCUT2D eigenvalue weighted by Crippen LogP contribution is -2.43. The highest BCUT2D eigenvalue weighted by molar-refractivity contribution is 5.77. The molecule has 5 nitrogen and oxygen atoms in total. The summed E-state index contributed by atoms with van der Waals surface area (Å²) in [6.45, 7) is 5.50. The molecule has 138 valence electrons. The maximum Gasteiger partial charge on any atom is 0.248 e. The van der Waals surface area contributed by atoms with Crippen LogP contribution < -0.4 is 0 Å². The summed E-state index contributed by atoms with van der Waals surface area (Å²) in [5, 5.41) is 0. The van der Waals surface area contributed by atoms with Crippen LogP contribution in [0.15, 0.2) is 0 Å². The lowest BCUT2D eigenvalue weighted by molar-refractivity contribution is -0.141. The molecule has 0 radical (unpaired) electrons. The minimum Gasteiger partial charge on any atom is -0.376 e. The highest BCUT2D eigenvalue weighted by Gasteiger charge is 2.27. The van der Waals surface area contributed by atoms with Crippen molar-refractivity contribution < 1.29 is 19.0 Å². The highest BCUT2D eigenvalue weighted by Crippen LogP contribution is 2.28. The van der Waals surface area contributed by atoms with Crippen LogP contribution in [0, 0.1) is 5.92 Å². The molecule has 0 aromatic carbocycles. The molecule has 3 fully saturated rings. The number of nitrogens with zero attached hydrogens (tertiary/aromatic N) is 1. The molecule has 0 N–H and O–H groups in total. The van der Waals surface area contributed by atoms with Crippen LogP contribution >= 0.6 is 0 Å². The van der Waals surface area contributed by atoms with Crippen molar-refractivity contribution in [3.63, 3.8) is 0 Å². The Balaban J connectivity index is 1.28. The first-order chi connectivity index (χ1) is 11.7. The summed E-state index contributed by atoms with van der Waals surface area (Å²) in [6.07, 6.45) is 10.1. The average Bonchev–Trinajstić information content (AvgIpc) is 3.11. The first-order valence-electron chi connectivity index (χ1n) is 9.83. The van der Waals surface area contributed by atoms with E-state index in [0.29, 0.717) is 18.8 Å².